The van der Waals surface area contributed by atoms with Gasteiger partial charge in [0.15, 0.2) is 10.8 Å². The van der Waals surface area contributed by atoms with Gasteiger partial charge in [0.2, 0.25) is 0 Å². The second kappa shape index (κ2) is 6.52. The third-order valence-electron chi connectivity index (χ3n) is 4.11. The van der Waals surface area contributed by atoms with Crippen molar-refractivity contribution in [2.45, 2.75) is 45.6 Å². The average molecular weight is 316 g/mol. The van der Waals surface area contributed by atoms with E-state index in [0.29, 0.717) is 21.8 Å². The zero-order valence-corrected chi connectivity index (χ0v) is 13.7. The SMILES string of the molecule is Cc1nc(-c2ncccn2)sc1C(=O)NC1CCC(C)CC1. The minimum absolute atomic E-state index is 0.0169. The van der Waals surface area contributed by atoms with Crippen molar-refractivity contribution >= 4 is 17.2 Å². The van der Waals surface area contributed by atoms with Crippen LogP contribution in [0.15, 0.2) is 18.5 Å². The molecule has 1 N–H and O–H groups in total. The van der Waals surface area contributed by atoms with Crippen LogP contribution in [0.2, 0.25) is 0 Å². The van der Waals surface area contributed by atoms with Gasteiger partial charge in [-0.25, -0.2) is 15.0 Å². The Morgan fingerprint density at radius 1 is 1.23 bits per heavy atom. The van der Waals surface area contributed by atoms with Crippen LogP contribution >= 0.6 is 11.3 Å². The number of nitrogens with one attached hydrogen (secondary N) is 1. The summed E-state index contributed by atoms with van der Waals surface area (Å²) in [6.07, 6.45) is 7.88. The van der Waals surface area contributed by atoms with Crippen LogP contribution in [-0.4, -0.2) is 26.9 Å². The van der Waals surface area contributed by atoms with Gasteiger partial charge in [-0.1, -0.05) is 6.92 Å². The van der Waals surface area contributed by atoms with Crippen molar-refractivity contribution in [2.24, 2.45) is 5.92 Å². The maximum absolute atomic E-state index is 12.5. The van der Waals surface area contributed by atoms with Gasteiger partial charge in [-0.3, -0.25) is 4.79 Å². The van der Waals surface area contributed by atoms with E-state index in [1.165, 1.54) is 24.2 Å². The van der Waals surface area contributed by atoms with Crippen LogP contribution in [-0.2, 0) is 0 Å². The molecule has 0 atom stereocenters. The van der Waals surface area contributed by atoms with Crippen molar-refractivity contribution in [3.05, 3.63) is 29.0 Å². The van der Waals surface area contributed by atoms with Crippen LogP contribution in [0.5, 0.6) is 0 Å². The van der Waals surface area contributed by atoms with Crippen LogP contribution in [0.4, 0.5) is 0 Å². The summed E-state index contributed by atoms with van der Waals surface area (Å²) in [5, 5.41) is 3.85. The number of nitrogens with zero attached hydrogens (tertiary/aromatic N) is 3. The molecule has 1 amide bonds. The van der Waals surface area contributed by atoms with Gasteiger partial charge in [0.05, 0.1) is 5.69 Å². The molecule has 22 heavy (non-hydrogen) atoms. The van der Waals surface area contributed by atoms with Crippen molar-refractivity contribution < 1.29 is 4.79 Å². The fourth-order valence-corrected chi connectivity index (χ4v) is 3.69. The number of carbonyl (C=O) groups excluding carboxylic acids is 1. The highest BCUT2D eigenvalue weighted by molar-refractivity contribution is 7.17. The Morgan fingerprint density at radius 3 is 2.59 bits per heavy atom. The zero-order valence-electron chi connectivity index (χ0n) is 12.9. The Balaban J connectivity index is 1.72. The van der Waals surface area contributed by atoms with E-state index in [2.05, 4.69) is 27.2 Å². The molecule has 1 aliphatic carbocycles. The second-order valence-electron chi connectivity index (χ2n) is 5.94. The molecule has 1 aliphatic rings. The zero-order chi connectivity index (χ0) is 15.5. The smallest absolute Gasteiger partial charge is 0.263 e. The Labute approximate surface area is 134 Å². The van der Waals surface area contributed by atoms with E-state index in [-0.39, 0.29) is 5.91 Å². The van der Waals surface area contributed by atoms with E-state index in [1.807, 2.05) is 6.92 Å². The number of hydrogen-bond donors (Lipinski definition) is 1. The highest BCUT2D eigenvalue weighted by atomic mass is 32.1. The maximum atomic E-state index is 12.5. The van der Waals surface area contributed by atoms with E-state index >= 15 is 0 Å². The summed E-state index contributed by atoms with van der Waals surface area (Å²) in [5.74, 6) is 1.33. The minimum Gasteiger partial charge on any atom is -0.349 e. The first-order valence-corrected chi connectivity index (χ1v) is 8.51. The molecule has 116 valence electrons. The Morgan fingerprint density at radius 2 is 1.91 bits per heavy atom. The summed E-state index contributed by atoms with van der Waals surface area (Å²) in [5.41, 5.74) is 0.745. The van der Waals surface area contributed by atoms with Crippen molar-refractivity contribution in [1.29, 1.82) is 0 Å². The molecule has 0 spiro atoms. The summed E-state index contributed by atoms with van der Waals surface area (Å²) in [7, 11) is 0. The molecule has 0 saturated heterocycles. The molecule has 0 radical (unpaired) electrons. The van der Waals surface area contributed by atoms with Crippen LogP contribution in [0.3, 0.4) is 0 Å². The summed E-state index contributed by atoms with van der Waals surface area (Å²) in [6, 6.07) is 2.06. The number of aryl methyl sites for hydroxylation is 1. The molecular weight excluding hydrogens is 296 g/mol. The third-order valence-corrected chi connectivity index (χ3v) is 5.26. The van der Waals surface area contributed by atoms with Crippen LogP contribution < -0.4 is 5.32 Å². The lowest BCUT2D eigenvalue weighted by molar-refractivity contribution is 0.0926. The molecule has 0 aliphatic heterocycles. The van der Waals surface area contributed by atoms with Crippen LogP contribution in [0, 0.1) is 12.8 Å². The second-order valence-corrected chi connectivity index (χ2v) is 6.94. The van der Waals surface area contributed by atoms with Gasteiger partial charge in [-0.05, 0) is 44.6 Å². The lowest BCUT2D eigenvalue weighted by atomic mass is 9.87. The first-order chi connectivity index (χ1) is 10.6. The fraction of sp³-hybridized carbons (Fsp3) is 0.500. The molecule has 2 heterocycles. The van der Waals surface area contributed by atoms with E-state index in [4.69, 9.17) is 0 Å². The first kappa shape index (κ1) is 15.1. The van der Waals surface area contributed by atoms with Crippen molar-refractivity contribution in [2.75, 3.05) is 0 Å². The molecule has 0 bridgehead atoms. The van der Waals surface area contributed by atoms with Gasteiger partial charge in [-0.15, -0.1) is 11.3 Å². The average Bonchev–Trinajstić information content (AvgIpc) is 2.92. The van der Waals surface area contributed by atoms with Crippen molar-refractivity contribution in [1.82, 2.24) is 20.3 Å². The number of hydrogen-bond acceptors (Lipinski definition) is 5. The third kappa shape index (κ3) is 3.32. The van der Waals surface area contributed by atoms with Gasteiger partial charge in [0.1, 0.15) is 4.88 Å². The predicted molar refractivity (Wildman–Crippen MR) is 86.8 cm³/mol. The van der Waals surface area contributed by atoms with Gasteiger partial charge in [0, 0.05) is 18.4 Å². The monoisotopic (exact) mass is 316 g/mol. The number of amides is 1. The summed E-state index contributed by atoms with van der Waals surface area (Å²) in [4.78, 5) is 26.0. The molecule has 6 heteroatoms. The standard InChI is InChI=1S/C16H20N4OS/c1-10-4-6-12(7-5-10)20-15(21)13-11(2)19-16(22-13)14-17-8-3-9-18-14/h3,8-10,12H,4-7H2,1-2H3,(H,20,21). The van der Waals surface area contributed by atoms with E-state index < -0.39 is 0 Å². The molecule has 0 aromatic carbocycles. The molecule has 0 unspecified atom stereocenters. The highest BCUT2D eigenvalue weighted by Gasteiger charge is 2.23. The molecule has 3 rings (SSSR count). The van der Waals surface area contributed by atoms with Gasteiger partial charge in [-0.2, -0.15) is 0 Å². The number of carbonyl (C=O) groups is 1. The van der Waals surface area contributed by atoms with Crippen LogP contribution in [0.1, 0.15) is 48.0 Å². The maximum Gasteiger partial charge on any atom is 0.263 e. The molecular formula is C16H20N4OS. The van der Waals surface area contributed by atoms with Crippen molar-refractivity contribution in [3.63, 3.8) is 0 Å². The lowest BCUT2D eigenvalue weighted by Gasteiger charge is -2.26. The van der Waals surface area contributed by atoms with Gasteiger partial charge < -0.3 is 5.32 Å². The predicted octanol–water partition coefficient (Wildman–Crippen LogP) is 3.22. The van der Waals surface area contributed by atoms with Gasteiger partial charge in [0.25, 0.3) is 5.91 Å². The fourth-order valence-electron chi connectivity index (χ4n) is 2.77. The van der Waals surface area contributed by atoms with E-state index in [1.54, 1.807) is 18.5 Å². The topological polar surface area (TPSA) is 67.8 Å². The number of thiazole rings is 1. The summed E-state index contributed by atoms with van der Waals surface area (Å²) in [6.45, 7) is 4.14. The summed E-state index contributed by atoms with van der Waals surface area (Å²) < 4.78 is 0. The highest BCUT2D eigenvalue weighted by Crippen LogP contribution is 2.27. The molecule has 2 aromatic heterocycles. The Hall–Kier alpha value is -1.82. The minimum atomic E-state index is -0.0169. The lowest BCUT2D eigenvalue weighted by Crippen LogP contribution is -2.37. The molecule has 1 saturated carbocycles. The van der Waals surface area contributed by atoms with Crippen molar-refractivity contribution in [3.8, 4) is 10.8 Å². The molecule has 2 aromatic rings. The van der Waals surface area contributed by atoms with E-state index in [0.717, 1.165) is 24.5 Å². The quantitative estimate of drug-likeness (QED) is 0.944. The number of rotatable bonds is 3. The Kier molecular flexibility index (Phi) is 4.47. The number of aromatic nitrogens is 3. The van der Waals surface area contributed by atoms with Crippen LogP contribution in [0.25, 0.3) is 10.8 Å². The summed E-state index contributed by atoms with van der Waals surface area (Å²) >= 11 is 1.36. The van der Waals surface area contributed by atoms with E-state index in [9.17, 15) is 4.79 Å². The normalized spacial score (nSPS) is 21.5. The molecule has 5 nitrogen and oxygen atoms in total. The largest absolute Gasteiger partial charge is 0.349 e. The first-order valence-electron chi connectivity index (χ1n) is 7.69. The van der Waals surface area contributed by atoms with Gasteiger partial charge >= 0.3 is 0 Å². The Bertz CT molecular complexity index is 647. The molecule has 1 fully saturated rings.